The van der Waals surface area contributed by atoms with E-state index in [1.807, 2.05) is 42.5 Å². The summed E-state index contributed by atoms with van der Waals surface area (Å²) in [5, 5.41) is 0. The molecule has 5 nitrogen and oxygen atoms in total. The van der Waals surface area contributed by atoms with E-state index in [0.717, 1.165) is 16.7 Å². The Kier molecular flexibility index (Phi) is 4.56. The van der Waals surface area contributed by atoms with Crippen molar-refractivity contribution in [3.8, 4) is 28.0 Å². The van der Waals surface area contributed by atoms with E-state index in [1.54, 1.807) is 24.3 Å². The number of anilines is 2. The zero-order chi connectivity index (χ0) is 17.1. The van der Waals surface area contributed by atoms with Crippen molar-refractivity contribution in [2.45, 2.75) is 0 Å². The van der Waals surface area contributed by atoms with Gasteiger partial charge in [-0.1, -0.05) is 42.5 Å². The highest BCUT2D eigenvalue weighted by molar-refractivity contribution is 7.32. The lowest BCUT2D eigenvalue weighted by Crippen LogP contribution is -1.97. The van der Waals surface area contributed by atoms with E-state index in [0.29, 0.717) is 22.7 Å². The molecule has 0 aliphatic rings. The van der Waals surface area contributed by atoms with E-state index in [2.05, 4.69) is 0 Å². The molecule has 0 aromatic heterocycles. The van der Waals surface area contributed by atoms with Crippen LogP contribution in [-0.2, 0) is 4.57 Å². The van der Waals surface area contributed by atoms with Crippen LogP contribution in [-0.4, -0.2) is 4.89 Å². The second kappa shape index (κ2) is 6.79. The average Bonchev–Trinajstić information content (AvgIpc) is 2.57. The first-order valence-electron chi connectivity index (χ1n) is 7.31. The summed E-state index contributed by atoms with van der Waals surface area (Å²) < 4.78 is 16.4. The summed E-state index contributed by atoms with van der Waals surface area (Å²) in [6.45, 7) is 0. The molecule has 1 atom stereocenters. The summed E-state index contributed by atoms with van der Waals surface area (Å²) in [4.78, 5) is 9.22. The van der Waals surface area contributed by atoms with Crippen LogP contribution in [0.25, 0.3) is 22.3 Å². The molecule has 0 amide bonds. The molecule has 1 unspecified atom stereocenters. The number of nitrogen functional groups attached to an aromatic ring is 2. The Hall–Kier alpha value is -2.75. The highest BCUT2D eigenvalue weighted by Gasteiger charge is 2.17. The van der Waals surface area contributed by atoms with Gasteiger partial charge in [0.1, 0.15) is 5.75 Å². The second-order valence-corrected chi connectivity index (χ2v) is 5.99. The summed E-state index contributed by atoms with van der Waals surface area (Å²) in [6.07, 6.45) is 0. The van der Waals surface area contributed by atoms with E-state index in [-0.39, 0.29) is 0 Å². The molecule has 122 valence electrons. The van der Waals surface area contributed by atoms with Crippen LogP contribution in [0.15, 0.2) is 66.7 Å². The van der Waals surface area contributed by atoms with Gasteiger partial charge >= 0.3 is 8.25 Å². The van der Waals surface area contributed by atoms with Crippen LogP contribution in [0, 0.1) is 0 Å². The molecule has 0 heterocycles. The molecule has 0 saturated carbocycles. The quantitative estimate of drug-likeness (QED) is 0.493. The SMILES string of the molecule is Nc1ccc(-c2c(O[PH](=O)O)ccc(N)c2-c2ccccc2)cc1. The minimum Gasteiger partial charge on any atom is -0.426 e. The van der Waals surface area contributed by atoms with Gasteiger partial charge in [0.15, 0.2) is 0 Å². The van der Waals surface area contributed by atoms with E-state index in [9.17, 15) is 9.46 Å². The maximum Gasteiger partial charge on any atom is 0.365 e. The minimum absolute atomic E-state index is 0.305. The highest BCUT2D eigenvalue weighted by atomic mass is 31.1. The van der Waals surface area contributed by atoms with Crippen molar-refractivity contribution < 1.29 is 14.0 Å². The molecule has 5 N–H and O–H groups in total. The van der Waals surface area contributed by atoms with Gasteiger partial charge in [-0.3, -0.25) is 0 Å². The Morgan fingerprint density at radius 1 is 0.792 bits per heavy atom. The third-order valence-electron chi connectivity index (χ3n) is 3.66. The topological polar surface area (TPSA) is 98.6 Å². The molecular weight excluding hydrogens is 323 g/mol. The summed E-state index contributed by atoms with van der Waals surface area (Å²) in [7, 11) is -3.15. The van der Waals surface area contributed by atoms with Crippen LogP contribution in [0.5, 0.6) is 5.75 Å². The molecule has 3 aromatic rings. The van der Waals surface area contributed by atoms with Crippen molar-refractivity contribution in [3.05, 3.63) is 66.7 Å². The van der Waals surface area contributed by atoms with Gasteiger partial charge in [0.2, 0.25) is 0 Å². The Balaban J connectivity index is 2.31. The van der Waals surface area contributed by atoms with E-state index >= 15 is 0 Å². The van der Waals surface area contributed by atoms with Gasteiger partial charge in [-0.15, -0.1) is 0 Å². The summed E-state index contributed by atoms with van der Waals surface area (Å²) in [6, 6.07) is 20.0. The first-order chi connectivity index (χ1) is 11.6. The fourth-order valence-electron chi connectivity index (χ4n) is 2.63. The number of rotatable bonds is 4. The van der Waals surface area contributed by atoms with Crippen molar-refractivity contribution in [3.63, 3.8) is 0 Å². The highest BCUT2D eigenvalue weighted by Crippen LogP contribution is 2.44. The number of hydrogen-bond acceptors (Lipinski definition) is 4. The molecule has 0 aliphatic heterocycles. The van der Waals surface area contributed by atoms with Crippen molar-refractivity contribution >= 4 is 19.6 Å². The van der Waals surface area contributed by atoms with Crippen LogP contribution in [0.1, 0.15) is 0 Å². The van der Waals surface area contributed by atoms with Gasteiger partial charge in [0, 0.05) is 22.5 Å². The maximum absolute atomic E-state index is 11.3. The molecule has 0 spiro atoms. The van der Waals surface area contributed by atoms with Gasteiger partial charge in [-0.2, -0.15) is 0 Å². The molecule has 0 fully saturated rings. The Morgan fingerprint density at radius 3 is 2.04 bits per heavy atom. The average molecular weight is 340 g/mol. The van der Waals surface area contributed by atoms with Crippen LogP contribution in [0.3, 0.4) is 0 Å². The fourth-order valence-corrected chi connectivity index (χ4v) is 2.99. The molecule has 24 heavy (non-hydrogen) atoms. The third-order valence-corrected chi connectivity index (χ3v) is 4.05. The number of nitrogens with two attached hydrogens (primary N) is 2. The van der Waals surface area contributed by atoms with Crippen LogP contribution in [0.4, 0.5) is 11.4 Å². The Morgan fingerprint density at radius 2 is 1.42 bits per heavy atom. The number of benzene rings is 3. The first kappa shape index (κ1) is 16.1. The standard InChI is InChI=1S/C18H17N2O3P/c19-14-8-6-13(7-9-14)18-16(23-24(21)22)11-10-15(20)17(18)12-4-2-1-3-5-12/h1-11,24H,19-20H2,(H,21,22). The van der Waals surface area contributed by atoms with Crippen molar-refractivity contribution in [1.29, 1.82) is 0 Å². The lowest BCUT2D eigenvalue weighted by Gasteiger charge is -2.17. The van der Waals surface area contributed by atoms with Crippen LogP contribution < -0.4 is 16.0 Å². The smallest absolute Gasteiger partial charge is 0.365 e. The van der Waals surface area contributed by atoms with E-state index in [4.69, 9.17) is 16.0 Å². The molecule has 6 heteroatoms. The molecule has 0 aliphatic carbocycles. The van der Waals surface area contributed by atoms with E-state index < -0.39 is 8.25 Å². The Bertz CT molecular complexity index is 881. The van der Waals surface area contributed by atoms with Crippen molar-refractivity contribution in [1.82, 2.24) is 0 Å². The zero-order valence-corrected chi connectivity index (χ0v) is 13.8. The van der Waals surface area contributed by atoms with Gasteiger partial charge in [-0.05, 0) is 35.4 Å². The zero-order valence-electron chi connectivity index (χ0n) is 12.8. The van der Waals surface area contributed by atoms with Crippen molar-refractivity contribution in [2.24, 2.45) is 0 Å². The van der Waals surface area contributed by atoms with Crippen molar-refractivity contribution in [2.75, 3.05) is 11.5 Å². The van der Waals surface area contributed by atoms with Gasteiger partial charge < -0.3 is 20.9 Å². The predicted octanol–water partition coefficient (Wildman–Crippen LogP) is 3.95. The molecule has 3 rings (SSSR count). The summed E-state index contributed by atoms with van der Waals surface area (Å²) in [5.74, 6) is 0.305. The lowest BCUT2D eigenvalue weighted by molar-refractivity contribution is 0.411. The second-order valence-electron chi connectivity index (χ2n) is 5.26. The van der Waals surface area contributed by atoms with Gasteiger partial charge in [0.05, 0.1) is 0 Å². The lowest BCUT2D eigenvalue weighted by atomic mass is 9.92. The first-order valence-corrected chi connectivity index (χ1v) is 8.57. The Labute approximate surface area is 140 Å². The normalized spacial score (nSPS) is 11.9. The molecule has 3 aromatic carbocycles. The fraction of sp³-hybridized carbons (Fsp3) is 0. The number of hydrogen-bond donors (Lipinski definition) is 3. The summed E-state index contributed by atoms with van der Waals surface area (Å²) in [5.41, 5.74) is 16.3. The maximum atomic E-state index is 11.3. The molecular formula is C18H17N2O3P. The molecule has 0 bridgehead atoms. The predicted molar refractivity (Wildman–Crippen MR) is 98.0 cm³/mol. The monoisotopic (exact) mass is 340 g/mol. The molecule has 0 saturated heterocycles. The summed E-state index contributed by atoms with van der Waals surface area (Å²) >= 11 is 0. The van der Waals surface area contributed by atoms with Crippen LogP contribution >= 0.6 is 8.25 Å². The van der Waals surface area contributed by atoms with Gasteiger partial charge in [0.25, 0.3) is 0 Å². The minimum atomic E-state index is -3.15. The molecule has 0 radical (unpaired) electrons. The largest absolute Gasteiger partial charge is 0.426 e. The third kappa shape index (κ3) is 3.27. The van der Waals surface area contributed by atoms with Crippen LogP contribution in [0.2, 0.25) is 0 Å². The van der Waals surface area contributed by atoms with Gasteiger partial charge in [-0.25, -0.2) is 4.57 Å². The van der Waals surface area contributed by atoms with E-state index in [1.165, 1.54) is 0 Å².